The van der Waals surface area contributed by atoms with E-state index in [2.05, 4.69) is 25.4 Å². The monoisotopic (exact) mass is 391 g/mol. The second kappa shape index (κ2) is 7.55. The maximum atomic E-state index is 12.2. The van der Waals surface area contributed by atoms with Gasteiger partial charge in [-0.3, -0.25) is 4.79 Å². The van der Waals surface area contributed by atoms with Crippen LogP contribution in [0, 0.1) is 0 Å². The molecule has 0 aliphatic carbocycles. The summed E-state index contributed by atoms with van der Waals surface area (Å²) in [5, 5.41) is 9.93. The number of nitrogens with one attached hydrogen (secondary N) is 2. The summed E-state index contributed by atoms with van der Waals surface area (Å²) in [5.41, 5.74) is 2.54. The van der Waals surface area contributed by atoms with Crippen LogP contribution in [0.4, 0.5) is 0 Å². The molecule has 0 bridgehead atoms. The third kappa shape index (κ3) is 3.33. The number of H-pyrrole nitrogens is 2. The number of nitrogens with zero attached hydrogens (tertiary/aromatic N) is 3. The van der Waals surface area contributed by atoms with E-state index in [0.717, 1.165) is 5.56 Å². The molecule has 2 aromatic carbocycles. The van der Waals surface area contributed by atoms with Crippen molar-refractivity contribution in [2.45, 2.75) is 6.92 Å². The van der Waals surface area contributed by atoms with Crippen LogP contribution in [0.5, 0.6) is 5.75 Å². The first kappa shape index (κ1) is 18.4. The quantitative estimate of drug-likeness (QED) is 0.501. The molecular weight excluding hydrogens is 374 g/mol. The van der Waals surface area contributed by atoms with Crippen molar-refractivity contribution >= 4 is 17.1 Å². The van der Waals surface area contributed by atoms with Gasteiger partial charge in [0, 0.05) is 0 Å². The molecule has 0 amide bonds. The lowest BCUT2D eigenvalue weighted by atomic mass is 9.98. The lowest BCUT2D eigenvalue weighted by molar-refractivity contribution is 0.0601. The predicted octanol–water partition coefficient (Wildman–Crippen LogP) is 2.56. The highest BCUT2D eigenvalue weighted by Crippen LogP contribution is 2.34. The second-order valence-corrected chi connectivity index (χ2v) is 6.10. The number of hydrogen-bond acceptors (Lipinski definition) is 7. The fourth-order valence-corrected chi connectivity index (χ4v) is 3.07. The number of carbonyl (C=O) groups excluding carboxylic acids is 1. The van der Waals surface area contributed by atoms with Crippen LogP contribution >= 0.6 is 0 Å². The Morgan fingerprint density at radius 3 is 2.76 bits per heavy atom. The maximum absolute atomic E-state index is 12.2. The third-order valence-electron chi connectivity index (χ3n) is 4.38. The lowest BCUT2D eigenvalue weighted by Gasteiger charge is -2.13. The van der Waals surface area contributed by atoms with E-state index in [9.17, 15) is 9.59 Å². The van der Waals surface area contributed by atoms with E-state index in [1.807, 2.05) is 25.1 Å². The molecule has 0 saturated heterocycles. The standard InChI is InChI=1S/C20H17N5O4/c1-3-29-15-10-11(12-6-4-5-7-13(12)20(27)28-2)8-9-14(15)17-21-18-16(19(26)22-17)23-25-24-18/h4-10H,3H2,1-2H3,(H2,21,22,23,24,25,26). The molecule has 29 heavy (non-hydrogen) atoms. The SMILES string of the molecule is CCOc1cc(-c2ccccc2C(=O)OC)ccc1-c1nc2[nH]nnc2c(=O)[nH]1. The molecule has 0 spiro atoms. The van der Waals surface area contributed by atoms with Gasteiger partial charge in [0.2, 0.25) is 0 Å². The molecule has 0 unspecified atom stereocenters. The fraction of sp³-hybridized carbons (Fsp3) is 0.150. The molecule has 2 aromatic heterocycles. The topological polar surface area (TPSA) is 123 Å². The normalized spacial score (nSPS) is 10.8. The van der Waals surface area contributed by atoms with Crippen LogP contribution in [0.15, 0.2) is 47.3 Å². The first-order chi connectivity index (χ1) is 14.1. The molecule has 9 nitrogen and oxygen atoms in total. The van der Waals surface area contributed by atoms with Gasteiger partial charge >= 0.3 is 5.97 Å². The molecule has 2 heterocycles. The zero-order valence-electron chi connectivity index (χ0n) is 15.7. The number of rotatable bonds is 5. The average Bonchev–Trinajstić information content (AvgIpc) is 3.23. The van der Waals surface area contributed by atoms with Gasteiger partial charge in [-0.25, -0.2) is 14.9 Å². The van der Waals surface area contributed by atoms with Crippen LogP contribution in [0.25, 0.3) is 33.7 Å². The molecule has 4 rings (SSSR count). The Kier molecular flexibility index (Phi) is 4.78. The summed E-state index contributed by atoms with van der Waals surface area (Å²) in [6, 6.07) is 12.6. The van der Waals surface area contributed by atoms with Crippen molar-refractivity contribution in [3.8, 4) is 28.3 Å². The minimum atomic E-state index is -0.425. The summed E-state index contributed by atoms with van der Waals surface area (Å²) < 4.78 is 10.7. The Morgan fingerprint density at radius 2 is 1.97 bits per heavy atom. The molecule has 146 valence electrons. The average molecular weight is 391 g/mol. The number of esters is 1. The number of hydrogen-bond donors (Lipinski definition) is 2. The van der Waals surface area contributed by atoms with Gasteiger partial charge < -0.3 is 14.5 Å². The zero-order valence-corrected chi connectivity index (χ0v) is 15.7. The van der Waals surface area contributed by atoms with Gasteiger partial charge in [-0.05, 0) is 36.2 Å². The van der Waals surface area contributed by atoms with Gasteiger partial charge in [0.1, 0.15) is 11.6 Å². The molecule has 2 N–H and O–H groups in total. The van der Waals surface area contributed by atoms with Crippen LogP contribution in [0.2, 0.25) is 0 Å². The number of carbonyl (C=O) groups is 1. The summed E-state index contributed by atoms with van der Waals surface area (Å²) in [5.74, 6) is 0.412. The van der Waals surface area contributed by atoms with Gasteiger partial charge in [-0.1, -0.05) is 29.5 Å². The molecule has 4 aromatic rings. The molecule has 0 saturated carbocycles. The molecule has 0 aliphatic rings. The first-order valence-corrected chi connectivity index (χ1v) is 8.88. The Labute approximate surface area is 164 Å². The number of aromatic amines is 2. The summed E-state index contributed by atoms with van der Waals surface area (Å²) in [6.45, 7) is 2.27. The summed E-state index contributed by atoms with van der Waals surface area (Å²) in [7, 11) is 1.34. The van der Waals surface area contributed by atoms with Crippen LogP contribution in [-0.4, -0.2) is 45.1 Å². The summed E-state index contributed by atoms with van der Waals surface area (Å²) >= 11 is 0. The van der Waals surface area contributed by atoms with E-state index < -0.39 is 11.5 Å². The minimum absolute atomic E-state index is 0.135. The Bertz CT molecular complexity index is 1260. The van der Waals surface area contributed by atoms with Crippen molar-refractivity contribution in [1.29, 1.82) is 0 Å². The smallest absolute Gasteiger partial charge is 0.338 e. The predicted molar refractivity (Wildman–Crippen MR) is 106 cm³/mol. The third-order valence-corrected chi connectivity index (χ3v) is 4.38. The zero-order chi connectivity index (χ0) is 20.4. The van der Waals surface area contributed by atoms with Crippen molar-refractivity contribution < 1.29 is 14.3 Å². The van der Waals surface area contributed by atoms with Crippen molar-refractivity contribution in [2.24, 2.45) is 0 Å². The van der Waals surface area contributed by atoms with Crippen molar-refractivity contribution in [3.63, 3.8) is 0 Å². The Balaban J connectivity index is 1.86. The van der Waals surface area contributed by atoms with Crippen LogP contribution in [-0.2, 0) is 4.74 Å². The van der Waals surface area contributed by atoms with Gasteiger partial charge in [-0.15, -0.1) is 5.10 Å². The number of fused-ring (bicyclic) bond motifs is 1. The largest absolute Gasteiger partial charge is 0.493 e. The second-order valence-electron chi connectivity index (χ2n) is 6.10. The maximum Gasteiger partial charge on any atom is 0.338 e. The molecule has 0 atom stereocenters. The number of ether oxygens (including phenoxy) is 2. The Hall–Kier alpha value is -4.01. The van der Waals surface area contributed by atoms with Gasteiger partial charge in [-0.2, -0.15) is 0 Å². The van der Waals surface area contributed by atoms with Gasteiger partial charge in [0.15, 0.2) is 11.2 Å². The van der Waals surface area contributed by atoms with E-state index in [4.69, 9.17) is 9.47 Å². The van der Waals surface area contributed by atoms with Crippen molar-refractivity contribution in [2.75, 3.05) is 13.7 Å². The highest BCUT2D eigenvalue weighted by atomic mass is 16.5. The lowest BCUT2D eigenvalue weighted by Crippen LogP contribution is -2.10. The van der Waals surface area contributed by atoms with E-state index in [-0.39, 0.29) is 11.2 Å². The first-order valence-electron chi connectivity index (χ1n) is 8.88. The van der Waals surface area contributed by atoms with Gasteiger partial charge in [0.25, 0.3) is 5.56 Å². The van der Waals surface area contributed by atoms with E-state index in [0.29, 0.717) is 34.9 Å². The molecule has 0 fully saturated rings. The minimum Gasteiger partial charge on any atom is -0.493 e. The van der Waals surface area contributed by atoms with Crippen LogP contribution in [0.3, 0.4) is 0 Å². The molecule has 9 heteroatoms. The summed E-state index contributed by atoms with van der Waals surface area (Å²) in [4.78, 5) is 31.4. The number of methoxy groups -OCH3 is 1. The van der Waals surface area contributed by atoms with Crippen molar-refractivity contribution in [1.82, 2.24) is 25.4 Å². The van der Waals surface area contributed by atoms with Crippen LogP contribution in [0.1, 0.15) is 17.3 Å². The summed E-state index contributed by atoms with van der Waals surface area (Å²) in [6.07, 6.45) is 0. The van der Waals surface area contributed by atoms with Crippen molar-refractivity contribution in [3.05, 3.63) is 58.4 Å². The molecular formula is C20H17N5O4. The number of aromatic nitrogens is 5. The fourth-order valence-electron chi connectivity index (χ4n) is 3.07. The molecule has 0 aliphatic heterocycles. The highest BCUT2D eigenvalue weighted by molar-refractivity contribution is 5.97. The molecule has 0 radical (unpaired) electrons. The van der Waals surface area contributed by atoms with Gasteiger partial charge in [0.05, 0.1) is 24.8 Å². The van der Waals surface area contributed by atoms with Crippen LogP contribution < -0.4 is 10.3 Å². The highest BCUT2D eigenvalue weighted by Gasteiger charge is 2.17. The Morgan fingerprint density at radius 1 is 1.14 bits per heavy atom. The van der Waals surface area contributed by atoms with E-state index in [1.54, 1.807) is 24.3 Å². The number of benzene rings is 2. The van der Waals surface area contributed by atoms with E-state index in [1.165, 1.54) is 7.11 Å². The van der Waals surface area contributed by atoms with E-state index >= 15 is 0 Å².